The number of nitrogens with zero attached hydrogens (tertiary/aromatic N) is 1. The van der Waals surface area contributed by atoms with Gasteiger partial charge >= 0.3 is 0 Å². The molecule has 2 aromatic rings. The van der Waals surface area contributed by atoms with Crippen LogP contribution < -0.4 is 10.6 Å². The van der Waals surface area contributed by atoms with Crippen LogP contribution in [0.2, 0.25) is 0 Å². The van der Waals surface area contributed by atoms with E-state index in [0.717, 1.165) is 16.7 Å². The minimum Gasteiger partial charge on any atom is -0.326 e. The number of hydrogen-bond donors (Lipinski definition) is 2. The Morgan fingerprint density at radius 3 is 2.55 bits per heavy atom. The fourth-order valence-corrected chi connectivity index (χ4v) is 6.12. The number of carbonyl (C=O) groups is 2. The number of amides is 2. The summed E-state index contributed by atoms with van der Waals surface area (Å²) in [5.74, 6) is -0.370. The Bertz CT molecular complexity index is 1120. The maximum atomic E-state index is 13.4. The zero-order valence-electron chi connectivity index (χ0n) is 17.8. The molecule has 4 rings (SSSR count). The lowest BCUT2D eigenvalue weighted by Crippen LogP contribution is -2.43. The van der Waals surface area contributed by atoms with E-state index in [-0.39, 0.29) is 16.7 Å². The maximum absolute atomic E-state index is 13.4. The van der Waals surface area contributed by atoms with Crippen LogP contribution in [0.3, 0.4) is 0 Å². The molecular weight excluding hydrogens is 414 g/mol. The van der Waals surface area contributed by atoms with Gasteiger partial charge in [0.25, 0.3) is 0 Å². The molecule has 1 fully saturated rings. The lowest BCUT2D eigenvalue weighted by atomic mass is 10.1. The predicted octanol–water partition coefficient (Wildman–Crippen LogP) is 3.37. The minimum absolute atomic E-state index is 0.0583. The zero-order valence-corrected chi connectivity index (χ0v) is 18.6. The molecule has 2 aliphatic heterocycles. The molecule has 2 aromatic carbocycles. The molecule has 0 saturated carbocycles. The van der Waals surface area contributed by atoms with Crippen molar-refractivity contribution in [2.24, 2.45) is 0 Å². The predicted molar refractivity (Wildman–Crippen MR) is 119 cm³/mol. The van der Waals surface area contributed by atoms with Crippen LogP contribution in [-0.2, 0) is 26.0 Å². The molecule has 7 nitrogen and oxygen atoms in total. The monoisotopic (exact) mass is 441 g/mol. The minimum atomic E-state index is -3.84. The first-order valence-electron chi connectivity index (χ1n) is 10.6. The van der Waals surface area contributed by atoms with Crippen LogP contribution in [0, 0.1) is 13.8 Å². The molecule has 0 aliphatic carbocycles. The van der Waals surface area contributed by atoms with E-state index in [4.69, 9.17) is 0 Å². The summed E-state index contributed by atoms with van der Waals surface area (Å²) in [6, 6.07) is 9.81. The highest BCUT2D eigenvalue weighted by molar-refractivity contribution is 7.89. The van der Waals surface area contributed by atoms with Crippen molar-refractivity contribution >= 4 is 33.2 Å². The summed E-state index contributed by atoms with van der Waals surface area (Å²) >= 11 is 0. The third-order valence-corrected chi connectivity index (χ3v) is 7.71. The molecule has 2 amide bonds. The Kier molecular flexibility index (Phi) is 5.85. The highest BCUT2D eigenvalue weighted by Gasteiger charge is 2.39. The number of nitrogens with one attached hydrogen (secondary N) is 2. The average molecular weight is 442 g/mol. The van der Waals surface area contributed by atoms with Gasteiger partial charge in [-0.25, -0.2) is 8.42 Å². The van der Waals surface area contributed by atoms with Gasteiger partial charge in [-0.05, 0) is 86.6 Å². The van der Waals surface area contributed by atoms with E-state index >= 15 is 0 Å². The molecule has 2 aliphatic rings. The molecule has 2 heterocycles. The lowest BCUT2D eigenvalue weighted by molar-refractivity contribution is -0.119. The number of aryl methyl sites for hydroxylation is 3. The van der Waals surface area contributed by atoms with Gasteiger partial charge in [-0.2, -0.15) is 4.31 Å². The highest BCUT2D eigenvalue weighted by Crippen LogP contribution is 2.31. The number of sulfonamides is 1. The molecule has 0 aromatic heterocycles. The molecule has 0 bridgehead atoms. The summed E-state index contributed by atoms with van der Waals surface area (Å²) in [6.45, 7) is 4.21. The van der Waals surface area contributed by atoms with Crippen LogP contribution in [0.4, 0.5) is 11.4 Å². The molecule has 8 heteroatoms. The van der Waals surface area contributed by atoms with Gasteiger partial charge in [-0.15, -0.1) is 0 Å². The molecule has 1 saturated heterocycles. The molecule has 31 heavy (non-hydrogen) atoms. The third kappa shape index (κ3) is 4.50. The Hall–Kier alpha value is -2.71. The van der Waals surface area contributed by atoms with Crippen LogP contribution in [0.1, 0.15) is 42.4 Å². The number of anilines is 2. The van der Waals surface area contributed by atoms with Crippen molar-refractivity contribution in [1.82, 2.24) is 4.31 Å². The molecule has 1 atom stereocenters. The van der Waals surface area contributed by atoms with Gasteiger partial charge in [-0.3, -0.25) is 9.59 Å². The first kappa shape index (κ1) is 21.5. The number of benzene rings is 2. The number of rotatable bonds is 4. The highest BCUT2D eigenvalue weighted by atomic mass is 32.2. The quantitative estimate of drug-likeness (QED) is 0.760. The van der Waals surface area contributed by atoms with Gasteiger partial charge in [0.15, 0.2) is 0 Å². The van der Waals surface area contributed by atoms with Crippen molar-refractivity contribution in [3.63, 3.8) is 0 Å². The Labute approximate surface area is 182 Å². The second kappa shape index (κ2) is 8.43. The largest absolute Gasteiger partial charge is 0.326 e. The molecule has 2 N–H and O–H groups in total. The van der Waals surface area contributed by atoms with Crippen molar-refractivity contribution < 1.29 is 18.0 Å². The van der Waals surface area contributed by atoms with Crippen molar-refractivity contribution in [2.45, 2.75) is 56.9 Å². The average Bonchev–Trinajstić information content (AvgIpc) is 3.11. The summed E-state index contributed by atoms with van der Waals surface area (Å²) in [4.78, 5) is 24.9. The van der Waals surface area contributed by atoms with Crippen molar-refractivity contribution in [3.8, 4) is 0 Å². The number of fused-ring (bicyclic) bond motifs is 1. The van der Waals surface area contributed by atoms with Crippen LogP contribution >= 0.6 is 0 Å². The summed E-state index contributed by atoms with van der Waals surface area (Å²) in [6.07, 6.45) is 2.84. The lowest BCUT2D eigenvalue weighted by Gasteiger charge is -2.24. The van der Waals surface area contributed by atoms with Crippen LogP contribution in [0.25, 0.3) is 0 Å². The van der Waals surface area contributed by atoms with Crippen LogP contribution in [0.5, 0.6) is 0 Å². The second-order valence-corrected chi connectivity index (χ2v) is 10.3. The SMILES string of the molecule is Cc1cc(C)cc(NC(=O)C2CCCN2S(=O)(=O)c2ccc3c(c2)CCCC(=O)N3)c1. The topological polar surface area (TPSA) is 95.6 Å². The first-order valence-corrected chi connectivity index (χ1v) is 12.0. The van der Waals surface area contributed by atoms with Gasteiger partial charge in [0.1, 0.15) is 6.04 Å². The number of hydrogen-bond acceptors (Lipinski definition) is 4. The van der Waals surface area contributed by atoms with Crippen molar-refractivity contribution in [3.05, 3.63) is 53.1 Å². The van der Waals surface area contributed by atoms with Crippen LogP contribution in [0.15, 0.2) is 41.3 Å². The molecule has 164 valence electrons. The van der Waals surface area contributed by atoms with Gasteiger partial charge in [0, 0.05) is 24.3 Å². The Balaban J connectivity index is 1.58. The van der Waals surface area contributed by atoms with E-state index in [1.165, 1.54) is 10.4 Å². The Morgan fingerprint density at radius 2 is 1.81 bits per heavy atom. The summed E-state index contributed by atoms with van der Waals surface area (Å²) in [5.41, 5.74) is 4.20. The van der Waals surface area contributed by atoms with Crippen LogP contribution in [-0.4, -0.2) is 37.1 Å². The van der Waals surface area contributed by atoms with E-state index in [0.29, 0.717) is 50.0 Å². The molecule has 0 spiro atoms. The van der Waals surface area contributed by atoms with Gasteiger partial charge < -0.3 is 10.6 Å². The fraction of sp³-hybridized carbons (Fsp3) is 0.391. The van der Waals surface area contributed by atoms with E-state index in [2.05, 4.69) is 10.6 Å². The summed E-state index contributed by atoms with van der Waals surface area (Å²) in [5, 5.41) is 5.71. The molecule has 0 radical (unpaired) electrons. The van der Waals surface area contributed by atoms with Gasteiger partial charge in [0.05, 0.1) is 4.90 Å². The molecular formula is C23H27N3O4S. The zero-order chi connectivity index (χ0) is 22.2. The van der Waals surface area contributed by atoms with Crippen molar-refractivity contribution in [1.29, 1.82) is 0 Å². The van der Waals surface area contributed by atoms with E-state index in [1.54, 1.807) is 12.1 Å². The number of carbonyl (C=O) groups excluding carboxylic acids is 2. The normalized spacial score (nSPS) is 19.4. The van der Waals surface area contributed by atoms with E-state index in [9.17, 15) is 18.0 Å². The summed E-state index contributed by atoms with van der Waals surface area (Å²) in [7, 11) is -3.84. The van der Waals surface area contributed by atoms with Gasteiger partial charge in [0.2, 0.25) is 21.8 Å². The standard InChI is InChI=1S/C23H27N3O4S/c1-15-11-16(2)13-18(12-15)24-23(28)21-6-4-10-26(21)31(29,30)19-8-9-20-17(14-19)5-3-7-22(27)25-20/h8-9,11-14,21H,3-7,10H2,1-2H3,(H,24,28)(H,25,27). The third-order valence-electron chi connectivity index (χ3n) is 5.80. The molecule has 1 unspecified atom stereocenters. The van der Waals surface area contributed by atoms with Gasteiger partial charge in [-0.1, -0.05) is 6.07 Å². The van der Waals surface area contributed by atoms with E-state index < -0.39 is 16.1 Å². The fourth-order valence-electron chi connectivity index (χ4n) is 4.41. The maximum Gasteiger partial charge on any atom is 0.243 e. The van der Waals surface area contributed by atoms with E-state index in [1.807, 2.05) is 32.0 Å². The second-order valence-electron chi connectivity index (χ2n) is 8.36. The first-order chi connectivity index (χ1) is 14.7. The Morgan fingerprint density at radius 1 is 1.06 bits per heavy atom. The smallest absolute Gasteiger partial charge is 0.243 e. The summed E-state index contributed by atoms with van der Waals surface area (Å²) < 4.78 is 28.1. The van der Waals surface area contributed by atoms with Crippen molar-refractivity contribution in [2.75, 3.05) is 17.2 Å².